The van der Waals surface area contributed by atoms with Gasteiger partial charge in [-0.2, -0.15) is 18.2 Å². The molecule has 7 heavy (non-hydrogen) atoms. The predicted molar refractivity (Wildman–Crippen MR) is 28.4 cm³/mol. The number of hydrogen-bond acceptors (Lipinski definition) is 0. The summed E-state index contributed by atoms with van der Waals surface area (Å²) in [6.45, 7) is 0. The first-order chi connectivity index (χ1) is 2.50. The Bertz CT molecular complexity index is 60.7. The fraction of sp³-hybridized carbons (Fsp3) is 0. The fourth-order valence-electron chi connectivity index (χ4n) is 0.321. The summed E-state index contributed by atoms with van der Waals surface area (Å²) in [4.78, 5) is 0. The molecule has 1 aromatic carbocycles. The normalized spacial score (nSPS) is 5.71. The molecule has 0 unspecified atom stereocenters. The van der Waals surface area contributed by atoms with E-state index in [1.54, 1.807) is 0 Å². The van der Waals surface area contributed by atoms with Gasteiger partial charge in [0.25, 0.3) is 0 Å². The Kier molecular flexibility index (Phi) is 8.32. The average Bonchev–Trinajstić information content (AvgIpc) is 1.76. The van der Waals surface area contributed by atoms with Gasteiger partial charge in [0.15, 0.2) is 0 Å². The van der Waals surface area contributed by atoms with Crippen LogP contribution in [0.1, 0.15) is 0 Å². The SMILES string of the molecule is [CH3-].[Ni+2].c1cc[cH-]c1. The minimum absolute atomic E-state index is 0. The van der Waals surface area contributed by atoms with Crippen molar-refractivity contribution in [2.45, 2.75) is 0 Å². The van der Waals surface area contributed by atoms with Crippen LogP contribution in [0.2, 0.25) is 0 Å². The van der Waals surface area contributed by atoms with Gasteiger partial charge in [0.05, 0.1) is 0 Å². The van der Waals surface area contributed by atoms with E-state index < -0.39 is 0 Å². The van der Waals surface area contributed by atoms with Crippen LogP contribution >= 0.6 is 0 Å². The summed E-state index contributed by atoms with van der Waals surface area (Å²) >= 11 is 0. The molecule has 0 aliphatic heterocycles. The van der Waals surface area contributed by atoms with Crippen molar-refractivity contribution in [1.82, 2.24) is 0 Å². The molecule has 0 radical (unpaired) electrons. The molecule has 0 atom stereocenters. The Hall–Kier alpha value is -0.156. The van der Waals surface area contributed by atoms with E-state index in [2.05, 4.69) is 0 Å². The zero-order valence-electron chi connectivity index (χ0n) is 4.20. The maximum Gasteiger partial charge on any atom is 2.00 e. The Morgan fingerprint density at radius 3 is 1.57 bits per heavy atom. The van der Waals surface area contributed by atoms with Crippen molar-refractivity contribution in [3.8, 4) is 0 Å². The Morgan fingerprint density at radius 2 is 1.43 bits per heavy atom. The first-order valence-corrected chi connectivity index (χ1v) is 1.67. The standard InChI is InChI=1S/C5H5.CH3.Ni/c1-2-4-5-3-1;;/h1-5H;1H3;/q2*-1;+2. The van der Waals surface area contributed by atoms with Crippen LogP contribution in [-0.4, -0.2) is 0 Å². The van der Waals surface area contributed by atoms with Crippen molar-refractivity contribution < 1.29 is 16.5 Å². The molecule has 0 heterocycles. The van der Waals surface area contributed by atoms with Crippen molar-refractivity contribution in [3.63, 3.8) is 0 Å². The van der Waals surface area contributed by atoms with Crippen LogP contribution in [0.3, 0.4) is 0 Å². The van der Waals surface area contributed by atoms with E-state index in [4.69, 9.17) is 0 Å². The topological polar surface area (TPSA) is 0 Å². The third-order valence-corrected chi connectivity index (χ3v) is 0.556. The largest absolute Gasteiger partial charge is 2.00 e. The molecule has 0 spiro atoms. The maximum absolute atomic E-state index is 2.00. The van der Waals surface area contributed by atoms with Crippen molar-refractivity contribution >= 4 is 0 Å². The van der Waals surface area contributed by atoms with Crippen LogP contribution < -0.4 is 0 Å². The van der Waals surface area contributed by atoms with Crippen molar-refractivity contribution in [2.24, 2.45) is 0 Å². The molecule has 0 saturated heterocycles. The summed E-state index contributed by atoms with van der Waals surface area (Å²) in [7, 11) is 0. The summed E-state index contributed by atoms with van der Waals surface area (Å²) in [6, 6.07) is 10.0. The van der Waals surface area contributed by atoms with Gasteiger partial charge in [-0.3, -0.25) is 0 Å². The van der Waals surface area contributed by atoms with Crippen LogP contribution in [0.4, 0.5) is 0 Å². The molecule has 0 aromatic heterocycles. The molecule has 0 aliphatic rings. The zero-order chi connectivity index (χ0) is 3.54. The second-order valence-corrected chi connectivity index (χ2v) is 0.962. The van der Waals surface area contributed by atoms with Crippen LogP contribution in [0.5, 0.6) is 0 Å². The quantitative estimate of drug-likeness (QED) is 0.380. The van der Waals surface area contributed by atoms with E-state index in [-0.39, 0.29) is 23.9 Å². The van der Waals surface area contributed by atoms with Gasteiger partial charge in [0, 0.05) is 0 Å². The maximum atomic E-state index is 2.00. The van der Waals surface area contributed by atoms with Gasteiger partial charge in [0.2, 0.25) is 0 Å². The fourth-order valence-corrected chi connectivity index (χ4v) is 0.321. The average molecular weight is 139 g/mol. The van der Waals surface area contributed by atoms with Crippen LogP contribution in [0.25, 0.3) is 0 Å². The smallest absolute Gasteiger partial charge is 0.358 e. The Labute approximate surface area is 54.8 Å². The molecule has 0 N–H and O–H groups in total. The monoisotopic (exact) mass is 138 g/mol. The van der Waals surface area contributed by atoms with E-state index in [0.29, 0.717) is 0 Å². The van der Waals surface area contributed by atoms with Crippen molar-refractivity contribution in [1.29, 1.82) is 0 Å². The van der Waals surface area contributed by atoms with E-state index in [0.717, 1.165) is 0 Å². The van der Waals surface area contributed by atoms with Gasteiger partial charge < -0.3 is 7.43 Å². The van der Waals surface area contributed by atoms with Crippen LogP contribution in [0, 0.1) is 7.43 Å². The number of hydrogen-bond donors (Lipinski definition) is 0. The van der Waals surface area contributed by atoms with Crippen LogP contribution in [0.15, 0.2) is 30.3 Å². The molecule has 0 fully saturated rings. The van der Waals surface area contributed by atoms with E-state index in [1.165, 1.54) is 0 Å². The van der Waals surface area contributed by atoms with E-state index >= 15 is 0 Å². The molecule has 0 saturated carbocycles. The van der Waals surface area contributed by atoms with Gasteiger partial charge in [-0.1, -0.05) is 0 Å². The number of rotatable bonds is 0. The molecule has 1 rings (SSSR count). The summed E-state index contributed by atoms with van der Waals surface area (Å²) in [6.07, 6.45) is 0. The summed E-state index contributed by atoms with van der Waals surface area (Å²) in [5.74, 6) is 0. The first-order valence-electron chi connectivity index (χ1n) is 1.67. The first kappa shape index (κ1) is 9.96. The molecule has 0 nitrogen and oxygen atoms in total. The molecule has 0 amide bonds. The Balaban J connectivity index is 0. The molecule has 1 aromatic rings. The zero-order valence-corrected chi connectivity index (χ0v) is 5.19. The second kappa shape index (κ2) is 5.84. The summed E-state index contributed by atoms with van der Waals surface area (Å²) in [5.41, 5.74) is 0. The summed E-state index contributed by atoms with van der Waals surface area (Å²) < 4.78 is 0. The van der Waals surface area contributed by atoms with Gasteiger partial charge in [-0.25, -0.2) is 12.1 Å². The predicted octanol–water partition coefficient (Wildman–Crippen LogP) is 1.85. The van der Waals surface area contributed by atoms with Crippen molar-refractivity contribution in [2.75, 3.05) is 0 Å². The molecule has 42 valence electrons. The molecule has 0 aliphatic carbocycles. The van der Waals surface area contributed by atoms with Gasteiger partial charge in [-0.05, 0) is 0 Å². The molecule has 1 heteroatoms. The second-order valence-electron chi connectivity index (χ2n) is 0.962. The third kappa shape index (κ3) is 3.68. The molecule has 0 bridgehead atoms. The minimum atomic E-state index is 0. The van der Waals surface area contributed by atoms with E-state index in [1.807, 2.05) is 30.3 Å². The van der Waals surface area contributed by atoms with Gasteiger partial charge in [0.1, 0.15) is 0 Å². The van der Waals surface area contributed by atoms with Gasteiger partial charge in [-0.15, -0.1) is 0 Å². The van der Waals surface area contributed by atoms with E-state index in [9.17, 15) is 0 Å². The molecular weight excluding hydrogens is 131 g/mol. The van der Waals surface area contributed by atoms with Crippen LogP contribution in [-0.2, 0) is 16.5 Å². The minimum Gasteiger partial charge on any atom is -0.358 e. The van der Waals surface area contributed by atoms with Crippen molar-refractivity contribution in [3.05, 3.63) is 37.8 Å². The molecular formula is C6H8Ni. The summed E-state index contributed by atoms with van der Waals surface area (Å²) in [5, 5.41) is 0. The third-order valence-electron chi connectivity index (χ3n) is 0.556. The Morgan fingerprint density at radius 1 is 1.00 bits per heavy atom. The van der Waals surface area contributed by atoms with Gasteiger partial charge >= 0.3 is 16.5 Å².